The number of ether oxygens (including phenoxy) is 4. The molecule has 9 heteroatoms. The van der Waals surface area contributed by atoms with E-state index >= 15 is 0 Å². The molecule has 9 nitrogen and oxygen atoms in total. The first-order valence-electron chi connectivity index (χ1n) is 14.7. The van der Waals surface area contributed by atoms with Crippen LogP contribution < -0.4 is 14.8 Å². The van der Waals surface area contributed by atoms with Crippen molar-refractivity contribution < 1.29 is 33.6 Å². The number of carboxylic acid groups (broad SMARTS) is 1. The highest BCUT2D eigenvalue weighted by Gasteiger charge is 2.52. The van der Waals surface area contributed by atoms with Crippen molar-refractivity contribution in [1.29, 1.82) is 0 Å². The molecule has 4 rings (SSSR count). The molecule has 2 fully saturated rings. The average Bonchev–Trinajstić information content (AvgIpc) is 3.78. The summed E-state index contributed by atoms with van der Waals surface area (Å²) in [6.07, 6.45) is 2.26. The molecule has 0 aliphatic heterocycles. The fraction of sp³-hybridized carbons (Fsp3) is 0.562. The molecule has 0 radical (unpaired) electrons. The average molecular weight is 569 g/mol. The Morgan fingerprint density at radius 2 is 1.63 bits per heavy atom. The Morgan fingerprint density at radius 3 is 2.15 bits per heavy atom. The van der Waals surface area contributed by atoms with Crippen molar-refractivity contribution in [3.05, 3.63) is 59.2 Å². The van der Waals surface area contributed by atoms with Crippen molar-refractivity contribution in [2.75, 3.05) is 33.5 Å². The Bertz CT molecular complexity index is 1150. The number of hydrogen-bond donors (Lipinski definition) is 2. The van der Waals surface area contributed by atoms with Gasteiger partial charge in [-0.2, -0.15) is 0 Å². The zero-order valence-electron chi connectivity index (χ0n) is 24.9. The number of carboxylic acids is 1. The van der Waals surface area contributed by atoms with Gasteiger partial charge in [-0.3, -0.25) is 0 Å². The number of nitrogens with zero attached hydrogens (tertiary/aromatic N) is 1. The number of carbonyl (C=O) groups is 2. The van der Waals surface area contributed by atoms with Crippen molar-refractivity contribution >= 4 is 12.0 Å². The predicted octanol–water partition coefficient (Wildman–Crippen LogP) is 5.84. The highest BCUT2D eigenvalue weighted by atomic mass is 16.5. The van der Waals surface area contributed by atoms with Gasteiger partial charge in [0.15, 0.2) is 0 Å². The Morgan fingerprint density at radius 1 is 1.02 bits per heavy atom. The molecule has 0 unspecified atom stereocenters. The van der Waals surface area contributed by atoms with Crippen LogP contribution in [0, 0.1) is 0 Å². The molecule has 0 saturated heterocycles. The molecule has 0 spiro atoms. The van der Waals surface area contributed by atoms with Gasteiger partial charge in [0.05, 0.1) is 38.1 Å². The molecule has 2 aromatic rings. The van der Waals surface area contributed by atoms with Gasteiger partial charge in [-0.15, -0.1) is 0 Å². The number of nitrogens with one attached hydrogen (secondary N) is 1. The fourth-order valence-electron chi connectivity index (χ4n) is 5.48. The maximum Gasteiger partial charge on any atom is 0.329 e. The summed E-state index contributed by atoms with van der Waals surface area (Å²) < 4.78 is 23.6. The monoisotopic (exact) mass is 568 g/mol. The maximum absolute atomic E-state index is 13.8. The first kappa shape index (κ1) is 30.7. The first-order valence-corrected chi connectivity index (χ1v) is 14.7. The van der Waals surface area contributed by atoms with Crippen molar-refractivity contribution in [1.82, 2.24) is 10.2 Å². The lowest BCUT2D eigenvalue weighted by molar-refractivity contribution is -0.155. The number of urea groups is 1. The third kappa shape index (κ3) is 7.13. The van der Waals surface area contributed by atoms with E-state index in [1.807, 2.05) is 70.2 Å². The van der Waals surface area contributed by atoms with E-state index in [2.05, 4.69) is 5.32 Å². The van der Waals surface area contributed by atoms with E-state index in [0.717, 1.165) is 41.0 Å². The van der Waals surface area contributed by atoms with Crippen LogP contribution in [-0.4, -0.2) is 67.1 Å². The molecule has 2 aliphatic rings. The van der Waals surface area contributed by atoms with Crippen LogP contribution in [0.25, 0.3) is 0 Å². The number of rotatable bonds is 15. The molecule has 2 N–H and O–H groups in total. The second kappa shape index (κ2) is 13.6. The van der Waals surface area contributed by atoms with Crippen LogP contribution in [0.3, 0.4) is 0 Å². The van der Waals surface area contributed by atoms with Crippen LogP contribution in [0.15, 0.2) is 42.5 Å². The van der Waals surface area contributed by atoms with E-state index in [0.29, 0.717) is 19.1 Å². The van der Waals surface area contributed by atoms with Crippen LogP contribution >= 0.6 is 0 Å². The zero-order chi connectivity index (χ0) is 29.6. The molecule has 224 valence electrons. The van der Waals surface area contributed by atoms with E-state index < -0.39 is 23.6 Å². The van der Waals surface area contributed by atoms with Gasteiger partial charge in [-0.25, -0.2) is 9.59 Å². The topological polar surface area (TPSA) is 107 Å². The van der Waals surface area contributed by atoms with E-state index in [1.165, 1.54) is 0 Å². The zero-order valence-corrected chi connectivity index (χ0v) is 24.9. The summed E-state index contributed by atoms with van der Waals surface area (Å²) in [4.78, 5) is 27.7. The van der Waals surface area contributed by atoms with Crippen molar-refractivity contribution in [2.45, 2.75) is 83.1 Å². The van der Waals surface area contributed by atoms with Crippen molar-refractivity contribution in [3.8, 4) is 11.5 Å². The quantitative estimate of drug-likeness (QED) is 0.278. The van der Waals surface area contributed by atoms with Crippen LogP contribution in [0.4, 0.5) is 4.79 Å². The largest absolute Gasteiger partial charge is 0.493 e. The lowest BCUT2D eigenvalue weighted by atomic mass is 9.74. The predicted molar refractivity (Wildman–Crippen MR) is 156 cm³/mol. The van der Waals surface area contributed by atoms with E-state index in [1.54, 1.807) is 12.0 Å². The molecule has 2 aromatic carbocycles. The minimum absolute atomic E-state index is 0.164. The standard InChI is InChI=1S/C32H44N2O7/c1-6-39-27-17-25(18-28(40-7-2)29(27)24-13-14-24)21(3)34(15-16-41-22(4)23-11-9-8-10-12-23)31(37)33-32(30(35)36)19-26(20-32)38-5/h8-12,17-18,21-22,24,26H,6-7,13-16,19-20H2,1-5H3,(H,33,37)(H,35,36)/t21-,22+,26-,32+/m1/s1. The minimum Gasteiger partial charge on any atom is -0.493 e. The fourth-order valence-corrected chi connectivity index (χ4v) is 5.48. The summed E-state index contributed by atoms with van der Waals surface area (Å²) >= 11 is 0. The van der Waals surface area contributed by atoms with Crippen LogP contribution in [-0.2, 0) is 14.3 Å². The third-order valence-corrected chi connectivity index (χ3v) is 8.13. The summed E-state index contributed by atoms with van der Waals surface area (Å²) in [5.41, 5.74) is 1.61. The van der Waals surface area contributed by atoms with Gasteiger partial charge >= 0.3 is 12.0 Å². The summed E-state index contributed by atoms with van der Waals surface area (Å²) in [5, 5.41) is 12.8. The van der Waals surface area contributed by atoms with Gasteiger partial charge in [0.1, 0.15) is 17.0 Å². The normalized spacial score (nSPS) is 21.3. The van der Waals surface area contributed by atoms with Gasteiger partial charge in [0, 0.05) is 32.1 Å². The highest BCUT2D eigenvalue weighted by molar-refractivity contribution is 5.87. The van der Waals surface area contributed by atoms with Gasteiger partial charge < -0.3 is 34.3 Å². The smallest absolute Gasteiger partial charge is 0.329 e. The Kier molecular flexibility index (Phi) is 10.1. The Balaban J connectivity index is 1.60. The van der Waals surface area contributed by atoms with Crippen LogP contribution in [0.5, 0.6) is 11.5 Å². The molecule has 2 amide bonds. The summed E-state index contributed by atoms with van der Waals surface area (Å²) in [5.74, 6) is 0.909. The highest BCUT2D eigenvalue weighted by Crippen LogP contribution is 2.50. The van der Waals surface area contributed by atoms with Crippen molar-refractivity contribution in [3.63, 3.8) is 0 Å². The van der Waals surface area contributed by atoms with Gasteiger partial charge in [-0.05, 0) is 69.7 Å². The molecule has 0 aromatic heterocycles. The second-order valence-corrected chi connectivity index (χ2v) is 10.9. The third-order valence-electron chi connectivity index (χ3n) is 8.13. The molecular formula is C32H44N2O7. The molecule has 2 aliphatic carbocycles. The molecule has 0 heterocycles. The van der Waals surface area contributed by atoms with Crippen molar-refractivity contribution in [2.24, 2.45) is 0 Å². The number of methoxy groups -OCH3 is 1. The SMILES string of the molecule is CCOc1cc([C@@H](C)N(CCO[C@@H](C)c2ccccc2)C(=O)N[C@]2(C(=O)O)C[C@H](OC)C2)cc(OCC)c1C1CC1. The van der Waals surface area contributed by atoms with Crippen LogP contribution in [0.2, 0.25) is 0 Å². The number of carbonyl (C=O) groups excluding carboxylic acids is 1. The molecule has 2 atom stereocenters. The number of hydrogen-bond acceptors (Lipinski definition) is 6. The molecular weight excluding hydrogens is 524 g/mol. The van der Waals surface area contributed by atoms with Gasteiger partial charge in [0.2, 0.25) is 0 Å². The molecule has 2 saturated carbocycles. The lowest BCUT2D eigenvalue weighted by Crippen LogP contribution is -2.66. The van der Waals surface area contributed by atoms with Crippen LogP contribution in [0.1, 0.15) is 88.1 Å². The van der Waals surface area contributed by atoms with E-state index in [4.69, 9.17) is 18.9 Å². The Hall–Kier alpha value is -3.30. The van der Waals surface area contributed by atoms with Gasteiger partial charge in [-0.1, -0.05) is 30.3 Å². The number of benzene rings is 2. The molecule has 41 heavy (non-hydrogen) atoms. The number of amides is 2. The Labute approximate surface area is 243 Å². The first-order chi connectivity index (χ1) is 19.7. The minimum atomic E-state index is -1.36. The van der Waals surface area contributed by atoms with E-state index in [9.17, 15) is 14.7 Å². The number of aliphatic carboxylic acids is 1. The summed E-state index contributed by atoms with van der Waals surface area (Å²) in [7, 11) is 1.55. The second-order valence-electron chi connectivity index (χ2n) is 10.9. The molecule has 0 bridgehead atoms. The van der Waals surface area contributed by atoms with E-state index in [-0.39, 0.29) is 38.2 Å². The summed E-state index contributed by atoms with van der Waals surface area (Å²) in [6, 6.07) is 13.0. The lowest BCUT2D eigenvalue weighted by Gasteiger charge is -2.45. The van der Waals surface area contributed by atoms with Gasteiger partial charge in [0.25, 0.3) is 0 Å². The summed E-state index contributed by atoms with van der Waals surface area (Å²) in [6.45, 7) is 9.37. The maximum atomic E-state index is 13.8.